The van der Waals surface area contributed by atoms with E-state index in [2.05, 4.69) is 5.32 Å². The number of hydrogen-bond donors (Lipinski definition) is 2. The second-order valence-corrected chi connectivity index (χ2v) is 6.14. The van der Waals surface area contributed by atoms with E-state index in [1.165, 1.54) is 29.2 Å². The van der Waals surface area contributed by atoms with Crippen molar-refractivity contribution in [3.05, 3.63) is 35.6 Å². The van der Waals surface area contributed by atoms with Crippen LogP contribution in [0.4, 0.5) is 4.39 Å². The van der Waals surface area contributed by atoms with E-state index in [-0.39, 0.29) is 37.0 Å². The molecule has 0 bridgehead atoms. The van der Waals surface area contributed by atoms with Gasteiger partial charge in [0.1, 0.15) is 11.9 Å². The van der Waals surface area contributed by atoms with Crippen molar-refractivity contribution >= 4 is 11.8 Å². The second kappa shape index (κ2) is 8.21. The first-order chi connectivity index (χ1) is 11.4. The third kappa shape index (κ3) is 4.75. The third-order valence-electron chi connectivity index (χ3n) is 4.12. The number of carbonyl (C=O) groups is 2. The molecule has 1 aliphatic heterocycles. The topological polar surface area (TPSA) is 78.9 Å². The molecule has 0 aromatic heterocycles. The number of halogens is 1. The van der Waals surface area contributed by atoms with E-state index in [0.29, 0.717) is 18.4 Å². The Morgan fingerprint density at radius 3 is 2.54 bits per heavy atom. The van der Waals surface area contributed by atoms with Gasteiger partial charge in [0.2, 0.25) is 5.91 Å². The molecule has 1 fully saturated rings. The van der Waals surface area contributed by atoms with Gasteiger partial charge >= 0.3 is 0 Å². The van der Waals surface area contributed by atoms with Crippen LogP contribution in [-0.4, -0.2) is 60.8 Å². The first kappa shape index (κ1) is 18.4. The summed E-state index contributed by atoms with van der Waals surface area (Å²) in [6, 6.07) is 4.90. The largest absolute Gasteiger partial charge is 0.394 e. The van der Waals surface area contributed by atoms with Crippen LogP contribution in [0.25, 0.3) is 0 Å². The summed E-state index contributed by atoms with van der Waals surface area (Å²) in [7, 11) is 3.36. The van der Waals surface area contributed by atoms with Gasteiger partial charge < -0.3 is 20.1 Å². The minimum Gasteiger partial charge on any atom is -0.394 e. The van der Waals surface area contributed by atoms with Gasteiger partial charge in [-0.2, -0.15) is 0 Å². The molecule has 1 saturated heterocycles. The highest BCUT2D eigenvalue weighted by Gasteiger charge is 2.33. The van der Waals surface area contributed by atoms with Crippen LogP contribution in [0.1, 0.15) is 29.6 Å². The Bertz CT molecular complexity index is 576. The number of aliphatic hydroxyl groups excluding tert-OH is 1. The Morgan fingerprint density at radius 1 is 1.29 bits per heavy atom. The first-order valence-corrected chi connectivity index (χ1v) is 7.93. The van der Waals surface area contributed by atoms with Crippen molar-refractivity contribution in [1.29, 1.82) is 0 Å². The Hall–Kier alpha value is -1.99. The number of ether oxygens (including phenoxy) is 1. The molecule has 0 aliphatic carbocycles. The number of amides is 2. The van der Waals surface area contributed by atoms with Gasteiger partial charge in [0.05, 0.1) is 25.2 Å². The summed E-state index contributed by atoms with van der Waals surface area (Å²) < 4.78 is 18.7. The fourth-order valence-corrected chi connectivity index (χ4v) is 2.68. The molecule has 2 amide bonds. The van der Waals surface area contributed by atoms with Crippen molar-refractivity contribution in [2.24, 2.45) is 0 Å². The zero-order chi connectivity index (χ0) is 17.7. The summed E-state index contributed by atoms with van der Waals surface area (Å²) in [4.78, 5) is 25.5. The number of nitrogens with one attached hydrogen (secondary N) is 1. The fourth-order valence-electron chi connectivity index (χ4n) is 2.68. The minimum atomic E-state index is -0.567. The second-order valence-electron chi connectivity index (χ2n) is 6.14. The molecule has 0 saturated carbocycles. The Labute approximate surface area is 140 Å². The van der Waals surface area contributed by atoms with Crippen LogP contribution in [0.2, 0.25) is 0 Å². The number of hydrogen-bond acceptors (Lipinski definition) is 4. The summed E-state index contributed by atoms with van der Waals surface area (Å²) in [5.41, 5.74) is 0.345. The van der Waals surface area contributed by atoms with E-state index < -0.39 is 11.9 Å². The summed E-state index contributed by atoms with van der Waals surface area (Å²) in [6.45, 7) is -0.249. The molecule has 0 radical (unpaired) electrons. The van der Waals surface area contributed by atoms with Gasteiger partial charge in [0.15, 0.2) is 0 Å². The molecule has 24 heavy (non-hydrogen) atoms. The standard InChI is InChI=1S/C17H23FN2O4/c1-20(2)16(22)9-13-7-8-14(15(10-21)24-13)19-17(23)11-3-5-12(18)6-4-11/h3-6,13-15,21H,7-10H2,1-2H3,(H,19,23)/t13-,14-,15+/m1/s1. The number of benzene rings is 1. The Balaban J connectivity index is 1.93. The van der Waals surface area contributed by atoms with Gasteiger partial charge in [-0.1, -0.05) is 0 Å². The number of rotatable bonds is 5. The molecule has 1 heterocycles. The van der Waals surface area contributed by atoms with Crippen LogP contribution < -0.4 is 5.32 Å². The SMILES string of the molecule is CN(C)C(=O)C[C@H]1CC[C@@H](NC(=O)c2ccc(F)cc2)[C@H](CO)O1. The van der Waals surface area contributed by atoms with Crippen LogP contribution in [0.15, 0.2) is 24.3 Å². The van der Waals surface area contributed by atoms with E-state index in [1.807, 2.05) is 0 Å². The molecular formula is C17H23FN2O4. The van der Waals surface area contributed by atoms with Crippen molar-refractivity contribution in [3.8, 4) is 0 Å². The molecule has 2 N–H and O–H groups in total. The summed E-state index contributed by atoms with van der Waals surface area (Å²) in [5.74, 6) is -0.787. The number of carbonyl (C=O) groups excluding carboxylic acids is 2. The van der Waals surface area contributed by atoms with Gasteiger partial charge in [0.25, 0.3) is 5.91 Å². The van der Waals surface area contributed by atoms with Crippen LogP contribution >= 0.6 is 0 Å². The van der Waals surface area contributed by atoms with Crippen molar-refractivity contribution in [2.75, 3.05) is 20.7 Å². The van der Waals surface area contributed by atoms with Crippen molar-refractivity contribution in [2.45, 2.75) is 37.5 Å². The molecular weight excluding hydrogens is 315 g/mol. The first-order valence-electron chi connectivity index (χ1n) is 7.93. The van der Waals surface area contributed by atoms with E-state index in [0.717, 1.165) is 0 Å². The molecule has 2 rings (SSSR count). The zero-order valence-corrected chi connectivity index (χ0v) is 13.9. The summed E-state index contributed by atoms with van der Waals surface area (Å²) in [5, 5.41) is 12.3. The highest BCUT2D eigenvalue weighted by Crippen LogP contribution is 2.22. The Morgan fingerprint density at radius 2 is 1.96 bits per heavy atom. The Kier molecular flexibility index (Phi) is 6.28. The van der Waals surface area contributed by atoms with E-state index in [9.17, 15) is 19.1 Å². The molecule has 7 heteroatoms. The predicted octanol–water partition coefficient (Wildman–Crippen LogP) is 0.942. The molecule has 1 aliphatic rings. The van der Waals surface area contributed by atoms with E-state index >= 15 is 0 Å². The molecule has 1 aromatic rings. The summed E-state index contributed by atoms with van der Waals surface area (Å²) in [6.07, 6.45) is 0.634. The van der Waals surface area contributed by atoms with Crippen LogP contribution in [0, 0.1) is 5.82 Å². The van der Waals surface area contributed by atoms with Gasteiger partial charge in [0, 0.05) is 19.7 Å². The normalized spacial score (nSPS) is 23.6. The predicted molar refractivity (Wildman–Crippen MR) is 85.9 cm³/mol. The lowest BCUT2D eigenvalue weighted by Crippen LogP contribution is -2.51. The fraction of sp³-hybridized carbons (Fsp3) is 0.529. The van der Waals surface area contributed by atoms with Gasteiger partial charge in [-0.25, -0.2) is 4.39 Å². The molecule has 6 nitrogen and oxygen atoms in total. The maximum Gasteiger partial charge on any atom is 0.251 e. The van der Waals surface area contributed by atoms with Crippen LogP contribution in [0.3, 0.4) is 0 Å². The summed E-state index contributed by atoms with van der Waals surface area (Å²) >= 11 is 0. The van der Waals surface area contributed by atoms with Crippen molar-refractivity contribution in [1.82, 2.24) is 10.2 Å². The van der Waals surface area contributed by atoms with Crippen LogP contribution in [0.5, 0.6) is 0 Å². The maximum atomic E-state index is 12.9. The van der Waals surface area contributed by atoms with E-state index in [4.69, 9.17) is 4.74 Å². The highest BCUT2D eigenvalue weighted by molar-refractivity contribution is 5.94. The smallest absolute Gasteiger partial charge is 0.251 e. The minimum absolute atomic E-state index is 0.0366. The van der Waals surface area contributed by atoms with Crippen LogP contribution in [-0.2, 0) is 9.53 Å². The lowest BCUT2D eigenvalue weighted by atomic mass is 9.96. The van der Waals surface area contributed by atoms with Gasteiger partial charge in [-0.3, -0.25) is 9.59 Å². The molecule has 0 spiro atoms. The maximum absolute atomic E-state index is 12.9. The average molecular weight is 338 g/mol. The van der Waals surface area contributed by atoms with Crippen molar-refractivity contribution < 1.29 is 23.8 Å². The lowest BCUT2D eigenvalue weighted by Gasteiger charge is -2.36. The lowest BCUT2D eigenvalue weighted by molar-refractivity contribution is -0.137. The van der Waals surface area contributed by atoms with E-state index in [1.54, 1.807) is 14.1 Å². The van der Waals surface area contributed by atoms with Gasteiger partial charge in [-0.15, -0.1) is 0 Å². The zero-order valence-electron chi connectivity index (χ0n) is 13.9. The van der Waals surface area contributed by atoms with Gasteiger partial charge in [-0.05, 0) is 37.1 Å². The molecule has 3 atom stereocenters. The monoisotopic (exact) mass is 338 g/mol. The number of nitrogens with zero attached hydrogens (tertiary/aromatic N) is 1. The number of aliphatic hydroxyl groups is 1. The highest BCUT2D eigenvalue weighted by atomic mass is 19.1. The molecule has 132 valence electrons. The molecule has 0 unspecified atom stereocenters. The average Bonchev–Trinajstić information content (AvgIpc) is 2.56. The van der Waals surface area contributed by atoms with Crippen molar-refractivity contribution in [3.63, 3.8) is 0 Å². The quantitative estimate of drug-likeness (QED) is 0.838. The third-order valence-corrected chi connectivity index (χ3v) is 4.12. The molecule has 1 aromatic carbocycles.